The second-order valence-electron chi connectivity index (χ2n) is 5.82. The van der Waals surface area contributed by atoms with Gasteiger partial charge in [0.15, 0.2) is 5.88 Å². The van der Waals surface area contributed by atoms with E-state index in [0.29, 0.717) is 12.6 Å². The van der Waals surface area contributed by atoms with E-state index in [2.05, 4.69) is 60.9 Å². The molecule has 2 nitrogen and oxygen atoms in total. The fourth-order valence-electron chi connectivity index (χ4n) is 2.99. The SMILES string of the molecule is CCCC(C)n1c(OCc2ccccc2)cc2ccccc21. The van der Waals surface area contributed by atoms with Crippen LogP contribution in [0.3, 0.4) is 0 Å². The molecule has 1 unspecified atom stereocenters. The Morgan fingerprint density at radius 1 is 1.00 bits per heavy atom. The zero-order chi connectivity index (χ0) is 15.4. The van der Waals surface area contributed by atoms with Gasteiger partial charge in [-0.25, -0.2) is 0 Å². The highest BCUT2D eigenvalue weighted by Crippen LogP contribution is 2.31. The smallest absolute Gasteiger partial charge is 0.195 e. The molecule has 1 heterocycles. The van der Waals surface area contributed by atoms with Crippen molar-refractivity contribution in [3.8, 4) is 5.88 Å². The average Bonchev–Trinajstić information content (AvgIpc) is 2.92. The molecular formula is C20H23NO. The van der Waals surface area contributed by atoms with Crippen molar-refractivity contribution >= 4 is 10.9 Å². The monoisotopic (exact) mass is 293 g/mol. The first-order valence-corrected chi connectivity index (χ1v) is 8.06. The highest BCUT2D eigenvalue weighted by molar-refractivity contribution is 5.82. The number of hydrogen-bond acceptors (Lipinski definition) is 1. The van der Waals surface area contributed by atoms with E-state index in [1.807, 2.05) is 18.2 Å². The summed E-state index contributed by atoms with van der Waals surface area (Å²) < 4.78 is 8.47. The molecule has 0 saturated heterocycles. The lowest BCUT2D eigenvalue weighted by Crippen LogP contribution is -2.08. The molecule has 1 aromatic heterocycles. The summed E-state index contributed by atoms with van der Waals surface area (Å²) in [6, 6.07) is 21.4. The summed E-state index contributed by atoms with van der Waals surface area (Å²) in [5.41, 5.74) is 2.45. The first-order chi connectivity index (χ1) is 10.8. The quantitative estimate of drug-likeness (QED) is 0.578. The van der Waals surface area contributed by atoms with Crippen molar-refractivity contribution in [2.24, 2.45) is 0 Å². The Kier molecular flexibility index (Phi) is 4.47. The lowest BCUT2D eigenvalue weighted by molar-refractivity contribution is 0.271. The fraction of sp³-hybridized carbons (Fsp3) is 0.300. The number of aromatic nitrogens is 1. The topological polar surface area (TPSA) is 14.2 Å². The molecule has 0 amide bonds. The second kappa shape index (κ2) is 6.69. The molecule has 3 aromatic rings. The number of rotatable bonds is 6. The summed E-state index contributed by atoms with van der Waals surface area (Å²) in [6.45, 7) is 5.11. The van der Waals surface area contributed by atoms with Crippen LogP contribution in [0.1, 0.15) is 38.3 Å². The molecule has 2 aromatic carbocycles. The van der Waals surface area contributed by atoms with Gasteiger partial charge in [-0.3, -0.25) is 0 Å². The van der Waals surface area contributed by atoms with Gasteiger partial charge < -0.3 is 9.30 Å². The van der Waals surface area contributed by atoms with Crippen LogP contribution in [0.2, 0.25) is 0 Å². The third-order valence-electron chi connectivity index (χ3n) is 4.09. The van der Waals surface area contributed by atoms with Crippen LogP contribution in [0.25, 0.3) is 10.9 Å². The van der Waals surface area contributed by atoms with E-state index in [1.54, 1.807) is 0 Å². The van der Waals surface area contributed by atoms with Gasteiger partial charge in [-0.05, 0) is 25.0 Å². The number of ether oxygens (including phenoxy) is 1. The summed E-state index contributed by atoms with van der Waals surface area (Å²) in [5.74, 6) is 0.964. The zero-order valence-electron chi connectivity index (χ0n) is 13.3. The molecule has 114 valence electrons. The molecule has 22 heavy (non-hydrogen) atoms. The van der Waals surface area contributed by atoms with Crippen LogP contribution in [0, 0.1) is 0 Å². The highest BCUT2D eigenvalue weighted by Gasteiger charge is 2.14. The van der Waals surface area contributed by atoms with Gasteiger partial charge in [0.1, 0.15) is 6.61 Å². The molecule has 1 atom stereocenters. The lowest BCUT2D eigenvalue weighted by atomic mass is 10.2. The summed E-state index contributed by atoms with van der Waals surface area (Å²) in [5, 5.41) is 1.24. The number of benzene rings is 2. The minimum Gasteiger partial charge on any atom is -0.474 e. The number of hydrogen-bond donors (Lipinski definition) is 0. The Morgan fingerprint density at radius 3 is 2.50 bits per heavy atom. The first-order valence-electron chi connectivity index (χ1n) is 8.06. The Bertz CT molecular complexity index is 730. The van der Waals surface area contributed by atoms with Crippen LogP contribution >= 0.6 is 0 Å². The maximum atomic E-state index is 6.14. The molecule has 0 bridgehead atoms. The predicted molar refractivity (Wildman–Crippen MR) is 92.3 cm³/mol. The van der Waals surface area contributed by atoms with E-state index >= 15 is 0 Å². The molecule has 0 fully saturated rings. The van der Waals surface area contributed by atoms with E-state index in [-0.39, 0.29) is 0 Å². The first kappa shape index (κ1) is 14.7. The van der Waals surface area contributed by atoms with Crippen molar-refractivity contribution < 1.29 is 4.74 Å². The summed E-state index contributed by atoms with van der Waals surface area (Å²) in [7, 11) is 0. The molecule has 0 aliphatic carbocycles. The molecule has 0 spiro atoms. The van der Waals surface area contributed by atoms with Crippen molar-refractivity contribution in [3.63, 3.8) is 0 Å². The normalized spacial score (nSPS) is 12.5. The van der Waals surface area contributed by atoms with Gasteiger partial charge in [-0.15, -0.1) is 0 Å². The zero-order valence-corrected chi connectivity index (χ0v) is 13.3. The number of nitrogens with zero attached hydrogens (tertiary/aromatic N) is 1. The maximum Gasteiger partial charge on any atom is 0.195 e. The van der Waals surface area contributed by atoms with Gasteiger partial charge in [-0.2, -0.15) is 0 Å². The van der Waals surface area contributed by atoms with Gasteiger partial charge in [0.05, 0.1) is 5.52 Å². The van der Waals surface area contributed by atoms with Gasteiger partial charge in [-0.1, -0.05) is 61.9 Å². The van der Waals surface area contributed by atoms with Crippen LogP contribution in [0.5, 0.6) is 5.88 Å². The highest BCUT2D eigenvalue weighted by atomic mass is 16.5. The Hall–Kier alpha value is -2.22. The molecule has 0 aliphatic heterocycles. The molecule has 0 saturated carbocycles. The summed E-state index contributed by atoms with van der Waals surface area (Å²) >= 11 is 0. The summed E-state index contributed by atoms with van der Waals surface area (Å²) in [4.78, 5) is 0. The van der Waals surface area contributed by atoms with E-state index in [0.717, 1.165) is 12.3 Å². The third kappa shape index (κ3) is 3.01. The van der Waals surface area contributed by atoms with Gasteiger partial charge in [0, 0.05) is 17.5 Å². The van der Waals surface area contributed by atoms with Crippen molar-refractivity contribution in [1.82, 2.24) is 4.57 Å². The molecule has 0 aliphatic rings. The van der Waals surface area contributed by atoms with Gasteiger partial charge in [0.2, 0.25) is 0 Å². The Balaban J connectivity index is 1.92. The molecule has 0 radical (unpaired) electrons. The van der Waals surface area contributed by atoms with E-state index in [1.165, 1.54) is 22.9 Å². The van der Waals surface area contributed by atoms with Crippen molar-refractivity contribution in [2.75, 3.05) is 0 Å². The van der Waals surface area contributed by atoms with E-state index in [4.69, 9.17) is 4.74 Å². The molecule has 2 heteroatoms. The minimum atomic E-state index is 0.440. The van der Waals surface area contributed by atoms with Crippen molar-refractivity contribution in [3.05, 3.63) is 66.2 Å². The van der Waals surface area contributed by atoms with E-state index < -0.39 is 0 Å². The molecule has 3 rings (SSSR count). The van der Waals surface area contributed by atoms with E-state index in [9.17, 15) is 0 Å². The van der Waals surface area contributed by atoms with Gasteiger partial charge >= 0.3 is 0 Å². The average molecular weight is 293 g/mol. The molecular weight excluding hydrogens is 270 g/mol. The standard InChI is InChI=1S/C20H23NO/c1-3-9-16(2)21-19-13-8-7-12-18(19)14-20(21)22-15-17-10-5-4-6-11-17/h4-8,10-14,16H,3,9,15H2,1-2H3. The minimum absolute atomic E-state index is 0.440. The van der Waals surface area contributed by atoms with Crippen LogP contribution in [0.15, 0.2) is 60.7 Å². The fourth-order valence-corrected chi connectivity index (χ4v) is 2.99. The van der Waals surface area contributed by atoms with Crippen LogP contribution in [0.4, 0.5) is 0 Å². The number of fused-ring (bicyclic) bond motifs is 1. The third-order valence-corrected chi connectivity index (χ3v) is 4.09. The summed E-state index contributed by atoms with van der Waals surface area (Å²) in [6.07, 6.45) is 2.33. The van der Waals surface area contributed by atoms with Crippen LogP contribution < -0.4 is 4.74 Å². The van der Waals surface area contributed by atoms with Crippen molar-refractivity contribution in [1.29, 1.82) is 0 Å². The predicted octanol–water partition coefficient (Wildman–Crippen LogP) is 5.58. The second-order valence-corrected chi connectivity index (χ2v) is 5.82. The Morgan fingerprint density at radius 2 is 1.73 bits per heavy atom. The number of para-hydroxylation sites is 1. The maximum absolute atomic E-state index is 6.14. The Labute approximate surface area is 132 Å². The van der Waals surface area contributed by atoms with Crippen LogP contribution in [-0.4, -0.2) is 4.57 Å². The van der Waals surface area contributed by atoms with Crippen LogP contribution in [-0.2, 0) is 6.61 Å². The van der Waals surface area contributed by atoms with Gasteiger partial charge in [0.25, 0.3) is 0 Å². The largest absolute Gasteiger partial charge is 0.474 e. The van der Waals surface area contributed by atoms with Crippen molar-refractivity contribution in [2.45, 2.75) is 39.3 Å². The molecule has 0 N–H and O–H groups in total. The lowest BCUT2D eigenvalue weighted by Gasteiger charge is -2.18.